The molecule has 0 radical (unpaired) electrons. The zero-order chi connectivity index (χ0) is 16.0. The Morgan fingerprint density at radius 2 is 2.10 bits per heavy atom. The van der Waals surface area contributed by atoms with E-state index in [-0.39, 0.29) is 10.6 Å². The maximum atomic E-state index is 12.0. The third-order valence-corrected chi connectivity index (χ3v) is 4.78. The van der Waals surface area contributed by atoms with Crippen LogP contribution in [0.5, 0.6) is 0 Å². The third-order valence-electron chi connectivity index (χ3n) is 3.46. The van der Waals surface area contributed by atoms with E-state index < -0.39 is 15.0 Å². The van der Waals surface area contributed by atoms with Crippen LogP contribution in [-0.4, -0.2) is 25.6 Å². The van der Waals surface area contributed by atoms with Crippen LogP contribution in [0, 0.1) is 5.92 Å². The van der Waals surface area contributed by atoms with Crippen molar-refractivity contribution in [2.45, 2.75) is 44.4 Å². The quantitative estimate of drug-likeness (QED) is 0.540. The smallest absolute Gasteiger partial charge is 0.354 e. The van der Waals surface area contributed by atoms with E-state index in [4.69, 9.17) is 15.4 Å². The molecular formula is C14H22ClNO4S. The van der Waals surface area contributed by atoms with Gasteiger partial charge in [0.15, 0.2) is 0 Å². The second kappa shape index (κ2) is 7.84. The minimum absolute atomic E-state index is 0.100. The molecule has 0 aromatic carbocycles. The van der Waals surface area contributed by atoms with Crippen molar-refractivity contribution in [1.82, 2.24) is 4.57 Å². The van der Waals surface area contributed by atoms with Crippen molar-refractivity contribution < 1.29 is 17.9 Å². The monoisotopic (exact) mass is 335 g/mol. The Hall–Kier alpha value is -1.01. The van der Waals surface area contributed by atoms with E-state index in [9.17, 15) is 13.2 Å². The first kappa shape index (κ1) is 18.0. The molecule has 1 heterocycles. The normalized spacial score (nSPS) is 13.1. The van der Waals surface area contributed by atoms with E-state index in [2.05, 4.69) is 13.8 Å². The molecule has 5 nitrogen and oxygen atoms in total. The first-order chi connectivity index (χ1) is 9.79. The Kier molecular flexibility index (Phi) is 6.74. The number of nitrogens with zero attached hydrogens (tertiary/aromatic N) is 1. The number of aryl methyl sites for hydroxylation is 1. The number of carbonyl (C=O) groups excluding carboxylic acids is 1. The van der Waals surface area contributed by atoms with E-state index in [1.54, 1.807) is 7.05 Å². The maximum Gasteiger partial charge on any atom is 0.354 e. The van der Waals surface area contributed by atoms with Gasteiger partial charge in [-0.25, -0.2) is 13.2 Å². The SMILES string of the molecule is CCCCC(CC)COC(=O)c1cc(S(=O)(=O)Cl)cn1C. The second-order valence-electron chi connectivity index (χ2n) is 5.12. The van der Waals surface area contributed by atoms with Crippen LogP contribution >= 0.6 is 10.7 Å². The number of esters is 1. The molecule has 0 aliphatic rings. The average Bonchev–Trinajstić information content (AvgIpc) is 2.81. The molecule has 1 unspecified atom stereocenters. The fraction of sp³-hybridized carbons (Fsp3) is 0.643. The van der Waals surface area contributed by atoms with Gasteiger partial charge in [-0.1, -0.05) is 33.1 Å². The topological polar surface area (TPSA) is 65.4 Å². The molecule has 0 fully saturated rings. The molecule has 0 aliphatic carbocycles. The van der Waals surface area contributed by atoms with Gasteiger partial charge in [-0.3, -0.25) is 0 Å². The van der Waals surface area contributed by atoms with Crippen molar-refractivity contribution >= 4 is 25.7 Å². The fourth-order valence-corrected chi connectivity index (χ4v) is 2.83. The number of hydrogen-bond acceptors (Lipinski definition) is 4. The van der Waals surface area contributed by atoms with E-state index in [0.717, 1.165) is 25.7 Å². The van der Waals surface area contributed by atoms with Gasteiger partial charge < -0.3 is 9.30 Å². The number of ether oxygens (including phenoxy) is 1. The molecule has 0 saturated carbocycles. The molecule has 0 spiro atoms. The molecule has 0 saturated heterocycles. The Morgan fingerprint density at radius 1 is 1.43 bits per heavy atom. The number of rotatable bonds is 8. The van der Waals surface area contributed by atoms with Gasteiger partial charge in [0, 0.05) is 23.9 Å². The summed E-state index contributed by atoms with van der Waals surface area (Å²) in [6.45, 7) is 4.54. The standard InChI is InChI=1S/C14H22ClNO4S/c1-4-6-7-11(5-2)10-20-14(17)13-8-12(9-16(13)3)21(15,18)19/h8-9,11H,4-7,10H2,1-3H3. The lowest BCUT2D eigenvalue weighted by atomic mass is 10.0. The second-order valence-corrected chi connectivity index (χ2v) is 7.69. The molecular weight excluding hydrogens is 314 g/mol. The van der Waals surface area contributed by atoms with E-state index in [0.29, 0.717) is 12.5 Å². The molecule has 1 aromatic heterocycles. The summed E-state index contributed by atoms with van der Waals surface area (Å²) in [6.07, 6.45) is 5.48. The van der Waals surface area contributed by atoms with Crippen molar-refractivity contribution in [2.24, 2.45) is 13.0 Å². The van der Waals surface area contributed by atoms with Crippen molar-refractivity contribution in [3.8, 4) is 0 Å². The number of aromatic nitrogens is 1. The number of hydrogen-bond donors (Lipinski definition) is 0. The maximum absolute atomic E-state index is 12.0. The zero-order valence-corrected chi connectivity index (χ0v) is 14.2. The van der Waals surface area contributed by atoms with Crippen LogP contribution in [0.4, 0.5) is 0 Å². The number of halogens is 1. The molecule has 0 bridgehead atoms. The molecule has 0 N–H and O–H groups in total. The minimum Gasteiger partial charge on any atom is -0.461 e. The van der Waals surface area contributed by atoms with Gasteiger partial charge in [-0.15, -0.1) is 0 Å². The van der Waals surface area contributed by atoms with Crippen LogP contribution in [0.15, 0.2) is 17.2 Å². The van der Waals surface area contributed by atoms with Gasteiger partial charge in [0.05, 0.1) is 6.61 Å². The first-order valence-corrected chi connectivity index (χ1v) is 9.38. The van der Waals surface area contributed by atoms with E-state index >= 15 is 0 Å². The molecule has 0 amide bonds. The molecule has 120 valence electrons. The molecule has 1 rings (SSSR count). The largest absolute Gasteiger partial charge is 0.461 e. The summed E-state index contributed by atoms with van der Waals surface area (Å²) in [5, 5.41) is 0. The van der Waals surface area contributed by atoms with Crippen LogP contribution in [0.3, 0.4) is 0 Å². The summed E-state index contributed by atoms with van der Waals surface area (Å²) in [5.41, 5.74) is 0.180. The summed E-state index contributed by atoms with van der Waals surface area (Å²) in [4.78, 5) is 11.9. The highest BCUT2D eigenvalue weighted by Crippen LogP contribution is 2.19. The molecule has 21 heavy (non-hydrogen) atoms. The van der Waals surface area contributed by atoms with Gasteiger partial charge in [-0.05, 0) is 18.4 Å². The van der Waals surface area contributed by atoms with Gasteiger partial charge in [-0.2, -0.15) is 0 Å². The number of carbonyl (C=O) groups is 1. The first-order valence-electron chi connectivity index (χ1n) is 7.07. The van der Waals surface area contributed by atoms with Crippen molar-refractivity contribution in [3.05, 3.63) is 18.0 Å². The predicted molar refractivity (Wildman–Crippen MR) is 82.0 cm³/mol. The average molecular weight is 336 g/mol. The molecule has 1 aromatic rings. The zero-order valence-electron chi connectivity index (χ0n) is 12.6. The number of unbranched alkanes of at least 4 members (excludes halogenated alkanes) is 1. The van der Waals surface area contributed by atoms with Crippen LogP contribution in [-0.2, 0) is 20.8 Å². The van der Waals surface area contributed by atoms with Gasteiger partial charge in [0.1, 0.15) is 10.6 Å². The minimum atomic E-state index is -3.84. The van der Waals surface area contributed by atoms with Gasteiger partial charge in [0.25, 0.3) is 9.05 Å². The third kappa shape index (κ3) is 5.36. The summed E-state index contributed by atoms with van der Waals surface area (Å²) in [6, 6.07) is 1.23. The van der Waals surface area contributed by atoms with E-state index in [1.807, 2.05) is 0 Å². The summed E-state index contributed by atoms with van der Waals surface area (Å²) < 4.78 is 29.2. The lowest BCUT2D eigenvalue weighted by Crippen LogP contribution is -2.16. The Balaban J connectivity index is 2.70. The fourth-order valence-electron chi connectivity index (χ4n) is 2.04. The lowest BCUT2D eigenvalue weighted by Gasteiger charge is -2.14. The lowest BCUT2D eigenvalue weighted by molar-refractivity contribution is 0.0417. The summed E-state index contributed by atoms with van der Waals surface area (Å²) >= 11 is 0. The summed E-state index contributed by atoms with van der Waals surface area (Å²) in [5.74, 6) is -0.190. The predicted octanol–water partition coefficient (Wildman–Crippen LogP) is 3.33. The van der Waals surface area contributed by atoms with Crippen LogP contribution in [0.25, 0.3) is 0 Å². The van der Waals surface area contributed by atoms with Crippen molar-refractivity contribution in [3.63, 3.8) is 0 Å². The van der Waals surface area contributed by atoms with Crippen molar-refractivity contribution in [2.75, 3.05) is 6.61 Å². The molecule has 0 aliphatic heterocycles. The Labute approximate surface area is 130 Å². The van der Waals surface area contributed by atoms with Crippen LogP contribution in [0.2, 0.25) is 0 Å². The van der Waals surface area contributed by atoms with Gasteiger partial charge in [0.2, 0.25) is 0 Å². The van der Waals surface area contributed by atoms with Crippen LogP contribution in [0.1, 0.15) is 50.0 Å². The highest BCUT2D eigenvalue weighted by atomic mass is 35.7. The molecule has 1 atom stereocenters. The van der Waals surface area contributed by atoms with Crippen LogP contribution < -0.4 is 0 Å². The van der Waals surface area contributed by atoms with Gasteiger partial charge >= 0.3 is 5.97 Å². The summed E-state index contributed by atoms with van der Waals surface area (Å²) in [7, 11) is 3.00. The Bertz CT molecular complexity index is 580. The highest BCUT2D eigenvalue weighted by Gasteiger charge is 2.20. The highest BCUT2D eigenvalue weighted by molar-refractivity contribution is 8.13. The Morgan fingerprint density at radius 3 is 2.57 bits per heavy atom. The van der Waals surface area contributed by atoms with Crippen molar-refractivity contribution in [1.29, 1.82) is 0 Å². The molecule has 7 heteroatoms. The van der Waals surface area contributed by atoms with E-state index in [1.165, 1.54) is 16.8 Å².